The Kier molecular flexibility index (Phi) is 6.58. The summed E-state index contributed by atoms with van der Waals surface area (Å²) in [4.78, 5) is 2.25. The van der Waals surface area contributed by atoms with Crippen LogP contribution in [-0.2, 0) is 0 Å². The average Bonchev–Trinajstić information content (AvgIpc) is 2.42. The maximum absolute atomic E-state index is 5.38. The van der Waals surface area contributed by atoms with Crippen molar-refractivity contribution in [1.29, 1.82) is 0 Å². The van der Waals surface area contributed by atoms with Crippen LogP contribution < -0.4 is 15.0 Å². The average molecular weight is 250 g/mol. The van der Waals surface area contributed by atoms with Gasteiger partial charge in [-0.15, -0.1) is 0 Å². The number of methoxy groups -OCH3 is 1. The first-order valence-corrected chi connectivity index (χ1v) is 6.76. The Bertz CT molecular complexity index is 341. The van der Waals surface area contributed by atoms with Crippen LogP contribution in [0.25, 0.3) is 0 Å². The van der Waals surface area contributed by atoms with E-state index in [-0.39, 0.29) is 0 Å². The third-order valence-electron chi connectivity index (χ3n) is 3.14. The van der Waals surface area contributed by atoms with E-state index in [1.165, 1.54) is 6.42 Å². The quantitative estimate of drug-likeness (QED) is 0.768. The third kappa shape index (κ3) is 4.57. The van der Waals surface area contributed by atoms with E-state index in [0.29, 0.717) is 6.04 Å². The summed E-state index contributed by atoms with van der Waals surface area (Å²) in [6.45, 7) is 6.56. The van der Waals surface area contributed by atoms with Crippen molar-refractivity contribution in [2.45, 2.75) is 32.7 Å². The molecule has 3 heteroatoms. The minimum Gasteiger partial charge on any atom is -0.495 e. The topological polar surface area (TPSA) is 24.5 Å². The minimum atomic E-state index is 0.558. The zero-order valence-electron chi connectivity index (χ0n) is 12.1. The molecule has 0 spiro atoms. The Balaban J connectivity index is 2.47. The predicted octanol–water partition coefficient (Wildman–Crippen LogP) is 2.91. The molecule has 0 aromatic heterocycles. The van der Waals surface area contributed by atoms with E-state index in [0.717, 1.165) is 30.9 Å². The Labute approximate surface area is 111 Å². The molecule has 0 aliphatic carbocycles. The highest BCUT2D eigenvalue weighted by Gasteiger charge is 2.08. The summed E-state index contributed by atoms with van der Waals surface area (Å²) in [6.07, 6.45) is 2.32. The maximum Gasteiger partial charge on any atom is 0.142 e. The molecule has 102 valence electrons. The second-order valence-electron chi connectivity index (χ2n) is 4.74. The van der Waals surface area contributed by atoms with Gasteiger partial charge in [-0.1, -0.05) is 19.1 Å². The van der Waals surface area contributed by atoms with E-state index < -0.39 is 0 Å². The van der Waals surface area contributed by atoms with Crippen LogP contribution in [0.2, 0.25) is 0 Å². The molecule has 0 radical (unpaired) electrons. The first-order valence-electron chi connectivity index (χ1n) is 6.76. The zero-order valence-corrected chi connectivity index (χ0v) is 12.1. The number of nitrogens with one attached hydrogen (secondary N) is 1. The lowest BCUT2D eigenvalue weighted by Gasteiger charge is -2.23. The molecule has 3 nitrogen and oxygen atoms in total. The van der Waals surface area contributed by atoms with Crippen molar-refractivity contribution in [3.8, 4) is 5.75 Å². The standard InChI is InChI=1S/C15H26N2O/c1-5-11-16-13(2)10-12-17(3)14-8-6-7-9-15(14)18-4/h6-9,13,16H,5,10-12H2,1-4H3. The number of anilines is 1. The lowest BCUT2D eigenvalue weighted by molar-refractivity contribution is 0.414. The van der Waals surface area contributed by atoms with E-state index >= 15 is 0 Å². The number of hydrogen-bond donors (Lipinski definition) is 1. The Morgan fingerprint density at radius 3 is 2.72 bits per heavy atom. The SMILES string of the molecule is CCCNC(C)CCN(C)c1ccccc1OC. The van der Waals surface area contributed by atoms with Gasteiger partial charge in [0.15, 0.2) is 0 Å². The van der Waals surface area contributed by atoms with Crippen LogP contribution in [0.4, 0.5) is 5.69 Å². The van der Waals surface area contributed by atoms with Crippen molar-refractivity contribution in [3.63, 3.8) is 0 Å². The molecule has 1 aromatic carbocycles. The predicted molar refractivity (Wildman–Crippen MR) is 78.6 cm³/mol. The molecular formula is C15H26N2O. The van der Waals surface area contributed by atoms with Crippen LogP contribution in [0.3, 0.4) is 0 Å². The highest BCUT2D eigenvalue weighted by atomic mass is 16.5. The number of para-hydroxylation sites is 2. The molecule has 0 saturated carbocycles. The highest BCUT2D eigenvalue weighted by Crippen LogP contribution is 2.26. The van der Waals surface area contributed by atoms with E-state index in [1.807, 2.05) is 18.2 Å². The van der Waals surface area contributed by atoms with Gasteiger partial charge in [-0.05, 0) is 38.4 Å². The van der Waals surface area contributed by atoms with E-state index in [4.69, 9.17) is 4.74 Å². The summed E-state index contributed by atoms with van der Waals surface area (Å²) in [5, 5.41) is 3.51. The fourth-order valence-electron chi connectivity index (χ4n) is 1.95. The number of nitrogens with zero attached hydrogens (tertiary/aromatic N) is 1. The van der Waals surface area contributed by atoms with Gasteiger partial charge in [0.2, 0.25) is 0 Å². The molecule has 0 aliphatic heterocycles. The second kappa shape index (κ2) is 7.98. The van der Waals surface area contributed by atoms with Crippen molar-refractivity contribution < 1.29 is 4.74 Å². The highest BCUT2D eigenvalue weighted by molar-refractivity contribution is 5.57. The van der Waals surface area contributed by atoms with Crippen LogP contribution in [0.5, 0.6) is 5.75 Å². The molecule has 0 amide bonds. The number of hydrogen-bond acceptors (Lipinski definition) is 3. The van der Waals surface area contributed by atoms with Crippen molar-refractivity contribution in [3.05, 3.63) is 24.3 Å². The third-order valence-corrected chi connectivity index (χ3v) is 3.14. The molecule has 1 unspecified atom stereocenters. The van der Waals surface area contributed by atoms with Crippen molar-refractivity contribution in [1.82, 2.24) is 5.32 Å². The van der Waals surface area contributed by atoms with Crippen LogP contribution in [-0.4, -0.2) is 33.3 Å². The Morgan fingerprint density at radius 2 is 2.06 bits per heavy atom. The van der Waals surface area contributed by atoms with Gasteiger partial charge in [-0.3, -0.25) is 0 Å². The van der Waals surface area contributed by atoms with Crippen molar-refractivity contribution in [2.24, 2.45) is 0 Å². The van der Waals surface area contributed by atoms with Crippen molar-refractivity contribution >= 4 is 5.69 Å². The minimum absolute atomic E-state index is 0.558. The van der Waals surface area contributed by atoms with E-state index in [2.05, 4.69) is 37.2 Å². The summed E-state index contributed by atoms with van der Waals surface area (Å²) in [7, 11) is 3.84. The van der Waals surface area contributed by atoms with Gasteiger partial charge in [0, 0.05) is 19.6 Å². The maximum atomic E-state index is 5.38. The largest absolute Gasteiger partial charge is 0.495 e. The van der Waals surface area contributed by atoms with E-state index in [9.17, 15) is 0 Å². The van der Waals surface area contributed by atoms with Crippen LogP contribution in [0, 0.1) is 0 Å². The Hall–Kier alpha value is -1.22. The molecular weight excluding hydrogens is 224 g/mol. The van der Waals surface area contributed by atoms with Gasteiger partial charge in [0.1, 0.15) is 5.75 Å². The van der Waals surface area contributed by atoms with Crippen LogP contribution >= 0.6 is 0 Å². The molecule has 0 fully saturated rings. The summed E-state index contributed by atoms with van der Waals surface area (Å²) >= 11 is 0. The summed E-state index contributed by atoms with van der Waals surface area (Å²) in [6, 6.07) is 8.71. The lowest BCUT2D eigenvalue weighted by Crippen LogP contribution is -2.31. The molecule has 18 heavy (non-hydrogen) atoms. The molecule has 0 bridgehead atoms. The molecule has 1 N–H and O–H groups in total. The normalized spacial score (nSPS) is 12.2. The summed E-state index contributed by atoms with van der Waals surface area (Å²) in [5.41, 5.74) is 1.16. The molecule has 1 aromatic rings. The lowest BCUT2D eigenvalue weighted by atomic mass is 10.2. The molecule has 1 rings (SSSR count). The van der Waals surface area contributed by atoms with Gasteiger partial charge in [0.25, 0.3) is 0 Å². The van der Waals surface area contributed by atoms with Gasteiger partial charge in [0.05, 0.1) is 12.8 Å². The summed E-state index contributed by atoms with van der Waals surface area (Å²) < 4.78 is 5.38. The van der Waals surface area contributed by atoms with Crippen LogP contribution in [0.1, 0.15) is 26.7 Å². The molecule has 1 atom stereocenters. The van der Waals surface area contributed by atoms with Gasteiger partial charge < -0.3 is 15.0 Å². The molecule has 0 heterocycles. The van der Waals surface area contributed by atoms with Gasteiger partial charge in [-0.25, -0.2) is 0 Å². The monoisotopic (exact) mass is 250 g/mol. The van der Waals surface area contributed by atoms with Crippen molar-refractivity contribution in [2.75, 3.05) is 32.1 Å². The number of ether oxygens (including phenoxy) is 1. The molecule has 0 aliphatic rings. The van der Waals surface area contributed by atoms with E-state index in [1.54, 1.807) is 7.11 Å². The van der Waals surface area contributed by atoms with Crippen LogP contribution in [0.15, 0.2) is 24.3 Å². The molecule has 0 saturated heterocycles. The van der Waals surface area contributed by atoms with Gasteiger partial charge >= 0.3 is 0 Å². The second-order valence-corrected chi connectivity index (χ2v) is 4.74. The fraction of sp³-hybridized carbons (Fsp3) is 0.600. The fourth-order valence-corrected chi connectivity index (χ4v) is 1.95. The first kappa shape index (κ1) is 14.8. The first-order chi connectivity index (χ1) is 8.69. The number of rotatable bonds is 8. The number of benzene rings is 1. The van der Waals surface area contributed by atoms with Gasteiger partial charge in [-0.2, -0.15) is 0 Å². The summed E-state index contributed by atoms with van der Waals surface area (Å²) in [5.74, 6) is 0.939. The zero-order chi connectivity index (χ0) is 13.4. The smallest absolute Gasteiger partial charge is 0.142 e. The Morgan fingerprint density at radius 1 is 1.33 bits per heavy atom.